The molecule has 0 N–H and O–H groups in total. The lowest BCUT2D eigenvalue weighted by Gasteiger charge is -2.44. The molecular formula is C25H26Cl2N2O2. The molecule has 0 spiro atoms. The van der Waals surface area contributed by atoms with Crippen LogP contribution in [0.4, 0.5) is 5.69 Å². The van der Waals surface area contributed by atoms with Gasteiger partial charge in [0.25, 0.3) is 11.8 Å². The first-order chi connectivity index (χ1) is 15.0. The summed E-state index contributed by atoms with van der Waals surface area (Å²) in [4.78, 5) is 30.3. The number of halogens is 2. The van der Waals surface area contributed by atoms with E-state index < -0.39 is 0 Å². The zero-order chi connectivity index (χ0) is 21.5. The largest absolute Gasteiger partial charge is 0.335 e. The summed E-state index contributed by atoms with van der Waals surface area (Å²) in [5.41, 5.74) is 3.09. The van der Waals surface area contributed by atoms with E-state index in [-0.39, 0.29) is 11.8 Å². The molecule has 2 aromatic carbocycles. The van der Waals surface area contributed by atoms with Gasteiger partial charge in [0.05, 0.1) is 10.6 Å². The van der Waals surface area contributed by atoms with Crippen LogP contribution in [0.5, 0.6) is 0 Å². The van der Waals surface area contributed by atoms with Crippen molar-refractivity contribution in [2.45, 2.75) is 51.0 Å². The smallest absolute Gasteiger partial charge is 0.259 e. The topological polar surface area (TPSA) is 40.6 Å². The Morgan fingerprint density at radius 3 is 2.52 bits per heavy atom. The highest BCUT2D eigenvalue weighted by molar-refractivity contribution is 6.37. The summed E-state index contributed by atoms with van der Waals surface area (Å²) in [6.45, 7) is 1.44. The van der Waals surface area contributed by atoms with E-state index in [1.54, 1.807) is 23.1 Å². The maximum atomic E-state index is 13.4. The quantitative estimate of drug-likeness (QED) is 0.556. The van der Waals surface area contributed by atoms with E-state index in [0.29, 0.717) is 34.1 Å². The Hall–Kier alpha value is -2.04. The number of hydrogen-bond donors (Lipinski definition) is 0. The third kappa shape index (κ3) is 3.85. The first kappa shape index (κ1) is 20.8. The molecule has 6 heteroatoms. The lowest BCUT2D eigenvalue weighted by Crippen LogP contribution is -2.49. The second kappa shape index (κ2) is 8.48. The third-order valence-electron chi connectivity index (χ3n) is 7.13. The predicted octanol–water partition coefficient (Wildman–Crippen LogP) is 5.99. The predicted molar refractivity (Wildman–Crippen MR) is 124 cm³/mol. The van der Waals surface area contributed by atoms with Crippen molar-refractivity contribution in [3.05, 3.63) is 63.1 Å². The van der Waals surface area contributed by atoms with Crippen LogP contribution in [0.15, 0.2) is 36.4 Å². The molecule has 2 atom stereocenters. The van der Waals surface area contributed by atoms with Gasteiger partial charge in [-0.05, 0) is 80.0 Å². The number of nitrogens with zero attached hydrogens (tertiary/aromatic N) is 2. The van der Waals surface area contributed by atoms with E-state index in [1.807, 2.05) is 18.2 Å². The van der Waals surface area contributed by atoms with Gasteiger partial charge < -0.3 is 9.80 Å². The minimum absolute atomic E-state index is 0.138. The number of hydrogen-bond acceptors (Lipinski definition) is 2. The molecule has 0 bridgehead atoms. The van der Waals surface area contributed by atoms with Crippen molar-refractivity contribution < 1.29 is 9.59 Å². The van der Waals surface area contributed by atoms with Crippen LogP contribution >= 0.6 is 23.2 Å². The molecule has 0 aromatic heterocycles. The molecule has 4 nitrogen and oxygen atoms in total. The van der Waals surface area contributed by atoms with Crippen LogP contribution in [0.1, 0.15) is 64.8 Å². The maximum Gasteiger partial charge on any atom is 0.259 e. The van der Waals surface area contributed by atoms with Gasteiger partial charge in [-0.1, -0.05) is 36.0 Å². The molecule has 0 unspecified atom stereocenters. The highest BCUT2D eigenvalue weighted by atomic mass is 35.5. The van der Waals surface area contributed by atoms with Crippen LogP contribution in [0.2, 0.25) is 10.0 Å². The number of amides is 2. The summed E-state index contributed by atoms with van der Waals surface area (Å²) in [7, 11) is 0. The molecule has 162 valence electrons. The Balaban J connectivity index is 1.38. The summed E-state index contributed by atoms with van der Waals surface area (Å²) >= 11 is 12.2. The normalized spacial score (nSPS) is 22.8. The maximum absolute atomic E-state index is 13.4. The van der Waals surface area contributed by atoms with Crippen LogP contribution in [-0.2, 0) is 6.42 Å². The van der Waals surface area contributed by atoms with E-state index in [4.69, 9.17) is 23.2 Å². The van der Waals surface area contributed by atoms with Crippen LogP contribution in [-0.4, -0.2) is 35.8 Å². The molecule has 1 aliphatic carbocycles. The van der Waals surface area contributed by atoms with Gasteiger partial charge in [-0.2, -0.15) is 0 Å². The first-order valence-electron chi connectivity index (χ1n) is 11.2. The Labute approximate surface area is 193 Å². The lowest BCUT2D eigenvalue weighted by atomic mass is 9.78. The van der Waals surface area contributed by atoms with Crippen molar-refractivity contribution >= 4 is 40.7 Å². The van der Waals surface area contributed by atoms with Crippen molar-refractivity contribution in [3.8, 4) is 0 Å². The number of benzene rings is 2. The number of fused-ring (bicyclic) bond motifs is 2. The van der Waals surface area contributed by atoms with Gasteiger partial charge in [-0.3, -0.25) is 9.59 Å². The number of piperidine rings is 1. The molecule has 1 saturated heterocycles. The minimum Gasteiger partial charge on any atom is -0.335 e. The van der Waals surface area contributed by atoms with E-state index in [0.717, 1.165) is 42.6 Å². The van der Waals surface area contributed by atoms with Crippen molar-refractivity contribution in [3.63, 3.8) is 0 Å². The highest BCUT2D eigenvalue weighted by Gasteiger charge is 2.36. The summed E-state index contributed by atoms with van der Waals surface area (Å²) in [6.07, 6.45) is 7.99. The van der Waals surface area contributed by atoms with Crippen molar-refractivity contribution in [1.29, 1.82) is 0 Å². The van der Waals surface area contributed by atoms with E-state index in [9.17, 15) is 9.59 Å². The van der Waals surface area contributed by atoms with Crippen molar-refractivity contribution in [1.82, 2.24) is 4.90 Å². The molecule has 2 amide bonds. The molecule has 1 saturated carbocycles. The SMILES string of the molecule is O=C(c1ccc(Cl)cc1Cl)N1CCc2cc(C(=O)N3CCC[C@H]4CCCC[C@H]43)ccc21. The monoisotopic (exact) mass is 456 g/mol. The Morgan fingerprint density at radius 1 is 0.871 bits per heavy atom. The zero-order valence-corrected chi connectivity index (χ0v) is 19.0. The van der Waals surface area contributed by atoms with Crippen LogP contribution in [0, 0.1) is 5.92 Å². The second-order valence-electron chi connectivity index (χ2n) is 8.93. The number of likely N-dealkylation sites (tertiary alicyclic amines) is 1. The fraction of sp³-hybridized carbons (Fsp3) is 0.440. The standard InChI is InChI=1S/C25H26Cl2N2O2/c26-19-8-9-20(21(27)15-19)25(31)29-13-11-17-14-18(7-10-23(17)29)24(30)28-12-3-5-16-4-1-2-6-22(16)28/h7-10,14-16,22H,1-6,11-13H2/t16-,22-/m1/s1. The third-order valence-corrected chi connectivity index (χ3v) is 7.68. The van der Waals surface area contributed by atoms with Crippen LogP contribution in [0.3, 0.4) is 0 Å². The second-order valence-corrected chi connectivity index (χ2v) is 9.77. The lowest BCUT2D eigenvalue weighted by molar-refractivity contribution is 0.0390. The average molecular weight is 457 g/mol. The molecule has 0 radical (unpaired) electrons. The number of rotatable bonds is 2. The molecule has 2 heterocycles. The van der Waals surface area contributed by atoms with Gasteiger partial charge in [-0.25, -0.2) is 0 Å². The van der Waals surface area contributed by atoms with E-state index >= 15 is 0 Å². The number of anilines is 1. The average Bonchev–Trinajstić information content (AvgIpc) is 3.21. The minimum atomic E-state index is -0.138. The van der Waals surface area contributed by atoms with Gasteiger partial charge in [0.1, 0.15) is 0 Å². The zero-order valence-electron chi connectivity index (χ0n) is 17.4. The molecule has 5 rings (SSSR count). The van der Waals surface area contributed by atoms with Gasteiger partial charge in [0.2, 0.25) is 0 Å². The molecule has 2 aliphatic heterocycles. The van der Waals surface area contributed by atoms with Crippen LogP contribution in [0.25, 0.3) is 0 Å². The Bertz CT molecular complexity index is 1040. The van der Waals surface area contributed by atoms with Gasteiger partial charge in [-0.15, -0.1) is 0 Å². The summed E-state index contributed by atoms with van der Waals surface area (Å²) in [5.74, 6) is 0.670. The van der Waals surface area contributed by atoms with Gasteiger partial charge in [0, 0.05) is 35.4 Å². The Morgan fingerprint density at radius 2 is 1.68 bits per heavy atom. The van der Waals surface area contributed by atoms with Crippen LogP contribution < -0.4 is 4.90 Å². The molecule has 31 heavy (non-hydrogen) atoms. The van der Waals surface area contributed by atoms with E-state index in [1.165, 1.54) is 25.7 Å². The number of carbonyl (C=O) groups excluding carboxylic acids is 2. The van der Waals surface area contributed by atoms with Crippen molar-refractivity contribution in [2.75, 3.05) is 18.0 Å². The van der Waals surface area contributed by atoms with E-state index in [2.05, 4.69) is 4.90 Å². The fourth-order valence-electron chi connectivity index (χ4n) is 5.60. The van der Waals surface area contributed by atoms with Gasteiger partial charge >= 0.3 is 0 Å². The molecule has 3 aliphatic rings. The molecule has 2 fully saturated rings. The first-order valence-corrected chi connectivity index (χ1v) is 12.0. The van der Waals surface area contributed by atoms with Crippen molar-refractivity contribution in [2.24, 2.45) is 5.92 Å². The van der Waals surface area contributed by atoms with Gasteiger partial charge in [0.15, 0.2) is 0 Å². The highest BCUT2D eigenvalue weighted by Crippen LogP contribution is 2.37. The molecule has 2 aromatic rings. The Kier molecular flexibility index (Phi) is 5.70. The summed E-state index contributed by atoms with van der Waals surface area (Å²) in [6, 6.07) is 11.1. The summed E-state index contributed by atoms with van der Waals surface area (Å²) in [5, 5.41) is 0.856. The number of carbonyl (C=O) groups is 2. The fourth-order valence-corrected chi connectivity index (χ4v) is 6.09. The molecular weight excluding hydrogens is 431 g/mol. The summed E-state index contributed by atoms with van der Waals surface area (Å²) < 4.78 is 0.